The van der Waals surface area contributed by atoms with Crippen molar-refractivity contribution in [2.24, 2.45) is 0 Å². The Labute approximate surface area is 140 Å². The second-order valence-corrected chi connectivity index (χ2v) is 5.42. The van der Waals surface area contributed by atoms with Crippen LogP contribution in [-0.2, 0) is 9.47 Å². The lowest BCUT2D eigenvalue weighted by Crippen LogP contribution is -2.53. The highest BCUT2D eigenvalue weighted by molar-refractivity contribution is 5.75. The molecule has 1 aromatic rings. The number of benzene rings is 1. The van der Waals surface area contributed by atoms with Gasteiger partial charge >= 0.3 is 12.2 Å². The predicted octanol–water partition coefficient (Wildman–Crippen LogP) is 2.59. The lowest BCUT2D eigenvalue weighted by molar-refractivity contribution is 0.0568. The summed E-state index contributed by atoms with van der Waals surface area (Å²) in [7, 11) is 0. The van der Waals surface area contributed by atoms with Gasteiger partial charge in [-0.25, -0.2) is 20.0 Å². The number of fused-ring (bicyclic) bond motifs is 3. The van der Waals surface area contributed by atoms with Crippen molar-refractivity contribution in [3.63, 3.8) is 0 Å². The van der Waals surface area contributed by atoms with Crippen LogP contribution in [0.4, 0.5) is 9.59 Å². The summed E-state index contributed by atoms with van der Waals surface area (Å²) >= 11 is 0. The normalized spacial score (nSPS) is 23.0. The summed E-state index contributed by atoms with van der Waals surface area (Å²) in [6.45, 7) is 3.82. The van der Waals surface area contributed by atoms with Crippen LogP contribution in [0.25, 0.3) is 0 Å². The SMILES string of the molecule is CCOC(=O)NN(C(=O)OCC)[C@@H]1C=C[C@H]2Oc3ccccc3[C@@H]12. The molecule has 0 bridgehead atoms. The van der Waals surface area contributed by atoms with Gasteiger partial charge in [0.2, 0.25) is 0 Å². The Bertz CT molecular complexity index is 660. The van der Waals surface area contributed by atoms with Gasteiger partial charge in [-0.2, -0.15) is 0 Å². The first-order chi connectivity index (χ1) is 11.7. The van der Waals surface area contributed by atoms with Crippen molar-refractivity contribution >= 4 is 12.2 Å². The van der Waals surface area contributed by atoms with Crippen LogP contribution in [0.2, 0.25) is 0 Å². The molecule has 1 aliphatic heterocycles. The van der Waals surface area contributed by atoms with Crippen molar-refractivity contribution in [3.05, 3.63) is 42.0 Å². The van der Waals surface area contributed by atoms with Gasteiger partial charge in [-0.1, -0.05) is 24.3 Å². The number of nitrogens with one attached hydrogen (secondary N) is 1. The van der Waals surface area contributed by atoms with Gasteiger partial charge in [-0.15, -0.1) is 0 Å². The Morgan fingerprint density at radius 2 is 1.92 bits per heavy atom. The molecule has 3 atom stereocenters. The Morgan fingerprint density at radius 1 is 1.17 bits per heavy atom. The first-order valence-corrected chi connectivity index (χ1v) is 7.99. The van der Waals surface area contributed by atoms with Crippen molar-refractivity contribution in [3.8, 4) is 5.75 Å². The molecule has 1 N–H and O–H groups in total. The number of carbonyl (C=O) groups excluding carboxylic acids is 2. The largest absolute Gasteiger partial charge is 0.485 e. The molecule has 0 aromatic heterocycles. The molecule has 7 heteroatoms. The molecule has 128 valence electrons. The maximum Gasteiger partial charge on any atom is 0.429 e. The summed E-state index contributed by atoms with van der Waals surface area (Å²) in [6, 6.07) is 7.27. The highest BCUT2D eigenvalue weighted by atomic mass is 16.6. The van der Waals surface area contributed by atoms with Crippen LogP contribution in [0.3, 0.4) is 0 Å². The summed E-state index contributed by atoms with van der Waals surface area (Å²) in [6.07, 6.45) is 2.23. The molecular formula is C17H20N2O5. The van der Waals surface area contributed by atoms with Crippen molar-refractivity contribution in [2.45, 2.75) is 31.9 Å². The number of rotatable bonds is 3. The molecule has 0 spiro atoms. The van der Waals surface area contributed by atoms with Gasteiger partial charge in [-0.05, 0) is 26.0 Å². The van der Waals surface area contributed by atoms with E-state index in [0.717, 1.165) is 11.3 Å². The number of amides is 2. The fraction of sp³-hybridized carbons (Fsp3) is 0.412. The smallest absolute Gasteiger partial charge is 0.429 e. The summed E-state index contributed by atoms with van der Waals surface area (Å²) in [5.74, 6) is 0.689. The van der Waals surface area contributed by atoms with Gasteiger partial charge in [-0.3, -0.25) is 0 Å². The molecule has 3 rings (SSSR count). The standard InChI is InChI=1S/C17H20N2O5/c1-3-22-16(20)18-19(17(21)23-4-2)12-9-10-14-15(12)11-7-5-6-8-13(11)24-14/h5-10,12,14-15H,3-4H2,1-2H3,(H,18,20)/t12-,14-,15+/m1/s1. The van der Waals surface area contributed by atoms with Crippen molar-refractivity contribution < 1.29 is 23.8 Å². The number of hydrogen-bond donors (Lipinski definition) is 1. The minimum Gasteiger partial charge on any atom is -0.485 e. The molecule has 0 saturated heterocycles. The van der Waals surface area contributed by atoms with E-state index in [1.165, 1.54) is 5.01 Å². The minimum absolute atomic E-state index is 0.104. The predicted molar refractivity (Wildman–Crippen MR) is 85.5 cm³/mol. The third kappa shape index (κ3) is 2.89. The van der Waals surface area contributed by atoms with Gasteiger partial charge in [0.05, 0.1) is 25.2 Å². The molecular weight excluding hydrogens is 312 g/mol. The van der Waals surface area contributed by atoms with Crippen LogP contribution in [0.5, 0.6) is 5.75 Å². The van der Waals surface area contributed by atoms with E-state index >= 15 is 0 Å². The van der Waals surface area contributed by atoms with E-state index < -0.39 is 18.2 Å². The maximum absolute atomic E-state index is 12.3. The molecule has 24 heavy (non-hydrogen) atoms. The molecule has 2 aliphatic rings. The average Bonchev–Trinajstić information content (AvgIpc) is 3.12. The molecule has 2 amide bonds. The quantitative estimate of drug-likeness (QED) is 0.680. The fourth-order valence-electron chi connectivity index (χ4n) is 3.08. The van der Waals surface area contributed by atoms with Crippen LogP contribution in [0.1, 0.15) is 25.3 Å². The first kappa shape index (κ1) is 16.2. The average molecular weight is 332 g/mol. The molecule has 0 fully saturated rings. The van der Waals surface area contributed by atoms with Crippen LogP contribution in [0.15, 0.2) is 36.4 Å². The van der Waals surface area contributed by atoms with E-state index in [2.05, 4.69) is 5.43 Å². The van der Waals surface area contributed by atoms with E-state index in [4.69, 9.17) is 14.2 Å². The summed E-state index contributed by atoms with van der Waals surface area (Å²) in [4.78, 5) is 24.1. The Kier molecular flexibility index (Phi) is 4.59. The van der Waals surface area contributed by atoms with Crippen molar-refractivity contribution in [1.29, 1.82) is 0 Å². The van der Waals surface area contributed by atoms with Gasteiger partial charge in [0, 0.05) is 5.56 Å². The van der Waals surface area contributed by atoms with Crippen molar-refractivity contribution in [2.75, 3.05) is 13.2 Å². The molecule has 1 aromatic carbocycles. The lowest BCUT2D eigenvalue weighted by atomic mass is 9.93. The van der Waals surface area contributed by atoms with Gasteiger partial charge in [0.25, 0.3) is 0 Å². The van der Waals surface area contributed by atoms with Gasteiger partial charge < -0.3 is 14.2 Å². The van der Waals surface area contributed by atoms with Gasteiger partial charge in [0.1, 0.15) is 11.9 Å². The minimum atomic E-state index is -0.699. The van der Waals surface area contributed by atoms with Crippen molar-refractivity contribution in [1.82, 2.24) is 10.4 Å². The molecule has 1 aliphatic carbocycles. The summed E-state index contributed by atoms with van der Waals surface area (Å²) in [5, 5.41) is 1.17. The zero-order chi connectivity index (χ0) is 17.1. The number of nitrogens with zero attached hydrogens (tertiary/aromatic N) is 1. The number of hydrogen-bond acceptors (Lipinski definition) is 5. The van der Waals surface area contributed by atoms with Crippen LogP contribution in [0, 0.1) is 0 Å². The Morgan fingerprint density at radius 3 is 2.67 bits per heavy atom. The molecule has 7 nitrogen and oxygen atoms in total. The Balaban J connectivity index is 1.86. The third-order valence-electron chi connectivity index (χ3n) is 4.01. The van der Waals surface area contributed by atoms with Crippen LogP contribution < -0.4 is 10.2 Å². The number of para-hydroxylation sites is 1. The van der Waals surface area contributed by atoms with Crippen LogP contribution >= 0.6 is 0 Å². The monoisotopic (exact) mass is 332 g/mol. The molecule has 0 unspecified atom stereocenters. The van der Waals surface area contributed by atoms with E-state index in [0.29, 0.717) is 0 Å². The third-order valence-corrected chi connectivity index (χ3v) is 4.01. The fourth-order valence-corrected chi connectivity index (χ4v) is 3.08. The molecule has 0 radical (unpaired) electrons. The second kappa shape index (κ2) is 6.82. The first-order valence-electron chi connectivity index (χ1n) is 7.99. The topological polar surface area (TPSA) is 77.1 Å². The maximum atomic E-state index is 12.3. The lowest BCUT2D eigenvalue weighted by Gasteiger charge is -2.30. The number of ether oxygens (including phenoxy) is 3. The highest BCUT2D eigenvalue weighted by Crippen LogP contribution is 2.45. The number of hydrazine groups is 1. The molecule has 1 heterocycles. The second-order valence-electron chi connectivity index (χ2n) is 5.42. The highest BCUT2D eigenvalue weighted by Gasteiger charge is 2.46. The van der Waals surface area contributed by atoms with E-state index in [1.807, 2.05) is 36.4 Å². The number of carbonyl (C=O) groups is 2. The Hall–Kier alpha value is -2.70. The zero-order valence-electron chi connectivity index (χ0n) is 13.6. The zero-order valence-corrected chi connectivity index (χ0v) is 13.6. The van der Waals surface area contributed by atoms with E-state index in [9.17, 15) is 9.59 Å². The van der Waals surface area contributed by atoms with E-state index in [-0.39, 0.29) is 25.2 Å². The summed E-state index contributed by atoms with van der Waals surface area (Å²) < 4.78 is 15.9. The van der Waals surface area contributed by atoms with Gasteiger partial charge in [0.15, 0.2) is 0 Å². The summed E-state index contributed by atoms with van der Waals surface area (Å²) in [5.41, 5.74) is 3.48. The van der Waals surface area contributed by atoms with Crippen LogP contribution in [-0.4, -0.2) is 42.6 Å². The van der Waals surface area contributed by atoms with E-state index in [1.54, 1.807) is 13.8 Å². The molecule has 0 saturated carbocycles.